The number of carbonyl (C=O) groups is 1. The highest BCUT2D eigenvalue weighted by atomic mass is 16.5. The largest absolute Gasteiger partial charge is 0.381 e. The van der Waals surface area contributed by atoms with Gasteiger partial charge in [0, 0.05) is 45.0 Å². The molecule has 0 spiro atoms. The third kappa shape index (κ3) is 4.64. The van der Waals surface area contributed by atoms with E-state index in [9.17, 15) is 4.79 Å². The summed E-state index contributed by atoms with van der Waals surface area (Å²) in [7, 11) is 3.66. The molecule has 156 valence electrons. The van der Waals surface area contributed by atoms with Crippen LogP contribution in [0.4, 0.5) is 0 Å². The third-order valence-corrected chi connectivity index (χ3v) is 6.01. The smallest absolute Gasteiger partial charge is 0.270 e. The van der Waals surface area contributed by atoms with E-state index in [2.05, 4.69) is 15.3 Å². The molecule has 0 unspecified atom stereocenters. The van der Waals surface area contributed by atoms with Gasteiger partial charge in [-0.3, -0.25) is 4.79 Å². The summed E-state index contributed by atoms with van der Waals surface area (Å²) in [5.41, 5.74) is 2.13. The highest BCUT2D eigenvalue weighted by Gasteiger charge is 2.25. The van der Waals surface area contributed by atoms with E-state index in [0.29, 0.717) is 17.6 Å². The lowest BCUT2D eigenvalue weighted by molar-refractivity contribution is 0.0598. The van der Waals surface area contributed by atoms with Gasteiger partial charge in [-0.05, 0) is 44.6 Å². The number of rotatable bonds is 5. The Balaban J connectivity index is 1.58. The van der Waals surface area contributed by atoms with E-state index in [-0.39, 0.29) is 17.9 Å². The van der Waals surface area contributed by atoms with Gasteiger partial charge < -0.3 is 19.4 Å². The molecule has 1 saturated heterocycles. The van der Waals surface area contributed by atoms with Gasteiger partial charge in [-0.2, -0.15) is 0 Å². The lowest BCUT2D eigenvalue weighted by Gasteiger charge is -2.28. The van der Waals surface area contributed by atoms with Gasteiger partial charge in [-0.1, -0.05) is 0 Å². The maximum Gasteiger partial charge on any atom is 0.270 e. The molecule has 4 rings (SSSR count). The molecule has 2 aromatic heterocycles. The number of amides is 1. The average Bonchev–Trinajstić information content (AvgIpc) is 3.20. The highest BCUT2D eigenvalue weighted by molar-refractivity contribution is 5.93. The Kier molecular flexibility index (Phi) is 6.20. The molecule has 2 aromatic rings. The van der Waals surface area contributed by atoms with E-state index < -0.39 is 0 Å². The Morgan fingerprint density at radius 1 is 1.17 bits per heavy atom. The number of hydrogen-bond acceptors (Lipinski definition) is 6. The molecule has 1 N–H and O–H groups in total. The van der Waals surface area contributed by atoms with Gasteiger partial charge in [-0.15, -0.1) is 0 Å². The Labute approximate surface area is 171 Å². The Hall–Kier alpha value is -2.32. The minimum atomic E-state index is -0.134. The SMILES string of the molecule is COC1CCC(NC(=O)c2cc(C3CCOCC3)nc(-c3cncn3C)n2)CC1. The second-order valence-corrected chi connectivity index (χ2v) is 7.96. The molecule has 1 saturated carbocycles. The summed E-state index contributed by atoms with van der Waals surface area (Å²) in [5.74, 6) is 0.689. The van der Waals surface area contributed by atoms with Gasteiger partial charge in [0.25, 0.3) is 5.91 Å². The van der Waals surface area contributed by atoms with Crippen LogP contribution < -0.4 is 5.32 Å². The van der Waals surface area contributed by atoms with Crippen molar-refractivity contribution >= 4 is 5.91 Å². The van der Waals surface area contributed by atoms with Crippen LogP contribution in [0.25, 0.3) is 11.5 Å². The summed E-state index contributed by atoms with van der Waals surface area (Å²) < 4.78 is 12.8. The second-order valence-electron chi connectivity index (χ2n) is 7.96. The molecule has 0 aromatic carbocycles. The van der Waals surface area contributed by atoms with Crippen molar-refractivity contribution in [1.29, 1.82) is 0 Å². The van der Waals surface area contributed by atoms with Crippen LogP contribution in [0.15, 0.2) is 18.6 Å². The van der Waals surface area contributed by atoms with Gasteiger partial charge in [-0.25, -0.2) is 15.0 Å². The number of methoxy groups -OCH3 is 1. The summed E-state index contributed by atoms with van der Waals surface area (Å²) in [6.07, 6.45) is 9.36. The van der Waals surface area contributed by atoms with Gasteiger partial charge in [0.1, 0.15) is 11.4 Å². The van der Waals surface area contributed by atoms with Crippen molar-refractivity contribution in [2.24, 2.45) is 7.05 Å². The van der Waals surface area contributed by atoms with E-state index in [1.54, 1.807) is 19.6 Å². The van der Waals surface area contributed by atoms with E-state index >= 15 is 0 Å². The molecule has 8 nitrogen and oxygen atoms in total. The van der Waals surface area contributed by atoms with E-state index in [0.717, 1.165) is 63.1 Å². The van der Waals surface area contributed by atoms with Crippen LogP contribution in [0, 0.1) is 0 Å². The molecule has 2 fully saturated rings. The molecule has 0 atom stereocenters. The van der Waals surface area contributed by atoms with Crippen molar-refractivity contribution in [3.8, 4) is 11.5 Å². The number of nitrogens with one attached hydrogen (secondary N) is 1. The Bertz CT molecular complexity index is 839. The summed E-state index contributed by atoms with van der Waals surface area (Å²) >= 11 is 0. The highest BCUT2D eigenvalue weighted by Crippen LogP contribution is 2.28. The van der Waals surface area contributed by atoms with Crippen molar-refractivity contribution in [3.05, 3.63) is 30.0 Å². The zero-order valence-electron chi connectivity index (χ0n) is 17.1. The van der Waals surface area contributed by atoms with E-state index in [1.807, 2.05) is 17.7 Å². The predicted molar refractivity (Wildman–Crippen MR) is 108 cm³/mol. The first-order valence-electron chi connectivity index (χ1n) is 10.4. The molecular weight excluding hydrogens is 370 g/mol. The number of hydrogen-bond donors (Lipinski definition) is 1. The zero-order valence-corrected chi connectivity index (χ0v) is 17.1. The first kappa shape index (κ1) is 20.0. The van der Waals surface area contributed by atoms with Crippen LogP contribution in [0.5, 0.6) is 0 Å². The number of imidazole rings is 1. The van der Waals surface area contributed by atoms with Crippen LogP contribution in [0.3, 0.4) is 0 Å². The predicted octanol–water partition coefficient (Wildman–Crippen LogP) is 2.46. The van der Waals surface area contributed by atoms with Crippen LogP contribution in [-0.2, 0) is 16.5 Å². The normalized spacial score (nSPS) is 23.1. The fourth-order valence-corrected chi connectivity index (χ4v) is 4.17. The molecule has 1 aliphatic heterocycles. The maximum absolute atomic E-state index is 13.0. The number of nitrogens with zero attached hydrogens (tertiary/aromatic N) is 4. The zero-order chi connectivity index (χ0) is 20.2. The van der Waals surface area contributed by atoms with Gasteiger partial charge >= 0.3 is 0 Å². The quantitative estimate of drug-likeness (QED) is 0.830. The van der Waals surface area contributed by atoms with Crippen molar-refractivity contribution in [2.45, 2.75) is 56.6 Å². The number of aryl methyl sites for hydroxylation is 1. The average molecular weight is 399 g/mol. The summed E-state index contributed by atoms with van der Waals surface area (Å²) in [4.78, 5) is 26.6. The van der Waals surface area contributed by atoms with E-state index in [4.69, 9.17) is 14.5 Å². The molecule has 1 amide bonds. The minimum absolute atomic E-state index is 0.134. The fourth-order valence-electron chi connectivity index (χ4n) is 4.17. The van der Waals surface area contributed by atoms with Crippen LogP contribution in [0.2, 0.25) is 0 Å². The monoisotopic (exact) mass is 399 g/mol. The molecule has 29 heavy (non-hydrogen) atoms. The second kappa shape index (κ2) is 9.00. The molecule has 0 bridgehead atoms. The lowest BCUT2D eigenvalue weighted by atomic mass is 9.92. The van der Waals surface area contributed by atoms with Crippen molar-refractivity contribution < 1.29 is 14.3 Å². The third-order valence-electron chi connectivity index (χ3n) is 6.01. The Morgan fingerprint density at radius 3 is 2.59 bits per heavy atom. The first-order chi connectivity index (χ1) is 14.1. The first-order valence-corrected chi connectivity index (χ1v) is 10.4. The van der Waals surface area contributed by atoms with E-state index in [1.165, 1.54) is 0 Å². The van der Waals surface area contributed by atoms with Crippen LogP contribution >= 0.6 is 0 Å². The van der Waals surface area contributed by atoms with Crippen LogP contribution in [-0.4, -0.2) is 57.9 Å². The number of ether oxygens (including phenoxy) is 2. The Morgan fingerprint density at radius 2 is 1.93 bits per heavy atom. The molecule has 1 aliphatic carbocycles. The van der Waals surface area contributed by atoms with Gasteiger partial charge in [0.05, 0.1) is 18.6 Å². The topological polar surface area (TPSA) is 91.2 Å². The number of aromatic nitrogens is 4. The van der Waals surface area contributed by atoms with Crippen molar-refractivity contribution in [3.63, 3.8) is 0 Å². The van der Waals surface area contributed by atoms with Gasteiger partial charge in [0.15, 0.2) is 5.82 Å². The van der Waals surface area contributed by atoms with Crippen molar-refractivity contribution in [2.75, 3.05) is 20.3 Å². The maximum atomic E-state index is 13.0. The lowest BCUT2D eigenvalue weighted by Crippen LogP contribution is -2.39. The van der Waals surface area contributed by atoms with Crippen molar-refractivity contribution in [1.82, 2.24) is 24.8 Å². The summed E-state index contributed by atoms with van der Waals surface area (Å²) in [6, 6.07) is 2.02. The number of carbonyl (C=O) groups excluding carboxylic acids is 1. The molecule has 8 heteroatoms. The van der Waals surface area contributed by atoms with Crippen LogP contribution in [0.1, 0.15) is 60.6 Å². The van der Waals surface area contributed by atoms with Gasteiger partial charge in [0.2, 0.25) is 0 Å². The molecular formula is C21H29N5O3. The molecule has 2 aliphatic rings. The fraction of sp³-hybridized carbons (Fsp3) is 0.619. The summed E-state index contributed by atoms with van der Waals surface area (Å²) in [6.45, 7) is 1.44. The minimum Gasteiger partial charge on any atom is -0.381 e. The molecule has 0 radical (unpaired) electrons. The molecule has 3 heterocycles. The standard InChI is InChI=1S/C21H29N5O3/c1-26-13-22-12-19(26)20-24-17(14-7-9-29-10-8-14)11-18(25-20)21(27)23-15-3-5-16(28-2)6-4-15/h11-16H,3-10H2,1-2H3,(H,23,27). The summed E-state index contributed by atoms with van der Waals surface area (Å²) in [5, 5.41) is 3.17.